The minimum absolute atomic E-state index is 0.0715. The first kappa shape index (κ1) is 12.0. The number of carbonyl (C=O) groups excluding carboxylic acids is 1. The third-order valence-electron chi connectivity index (χ3n) is 1.99. The van der Waals surface area contributed by atoms with Crippen LogP contribution >= 0.6 is 11.6 Å². The number of nitrogens with one attached hydrogen (secondary N) is 1. The van der Waals surface area contributed by atoms with Crippen molar-refractivity contribution in [2.75, 3.05) is 6.54 Å². The van der Waals surface area contributed by atoms with E-state index in [1.807, 2.05) is 13.8 Å². The van der Waals surface area contributed by atoms with Crippen molar-refractivity contribution < 1.29 is 4.79 Å². The molecular weight excluding hydrogens is 212 g/mol. The van der Waals surface area contributed by atoms with Gasteiger partial charge in [-0.2, -0.15) is 0 Å². The maximum Gasteiger partial charge on any atom is 0.251 e. The van der Waals surface area contributed by atoms with E-state index in [4.69, 9.17) is 11.6 Å². The molecule has 0 saturated carbocycles. The Balaban J connectivity index is 2.47. The molecule has 0 spiro atoms. The standard InChI is InChI=1S/C11H15ClN2O/c1-8(12)3-5-14-11(15)10-4-6-13-9(2)7-10/h4,6-8H,3,5H2,1-2H3,(H,14,15). The minimum Gasteiger partial charge on any atom is -0.352 e. The van der Waals surface area contributed by atoms with E-state index < -0.39 is 0 Å². The Hall–Kier alpha value is -1.09. The largest absolute Gasteiger partial charge is 0.352 e. The van der Waals surface area contributed by atoms with E-state index in [-0.39, 0.29) is 11.3 Å². The summed E-state index contributed by atoms with van der Waals surface area (Å²) in [6.45, 7) is 4.37. The molecule has 0 aliphatic carbocycles. The number of rotatable bonds is 4. The number of aryl methyl sites for hydroxylation is 1. The van der Waals surface area contributed by atoms with Gasteiger partial charge in [-0.1, -0.05) is 0 Å². The van der Waals surface area contributed by atoms with Gasteiger partial charge in [0.1, 0.15) is 0 Å². The van der Waals surface area contributed by atoms with Gasteiger partial charge in [0.15, 0.2) is 0 Å². The average Bonchev–Trinajstić information content (AvgIpc) is 2.17. The summed E-state index contributed by atoms with van der Waals surface area (Å²) in [5, 5.41) is 2.89. The van der Waals surface area contributed by atoms with Gasteiger partial charge in [0.2, 0.25) is 0 Å². The molecule has 1 heterocycles. The van der Waals surface area contributed by atoms with Gasteiger partial charge in [-0.25, -0.2) is 0 Å². The molecule has 82 valence electrons. The van der Waals surface area contributed by atoms with E-state index in [2.05, 4.69) is 10.3 Å². The lowest BCUT2D eigenvalue weighted by atomic mass is 10.2. The SMILES string of the molecule is Cc1cc(C(=O)NCCC(C)Cl)ccn1. The summed E-state index contributed by atoms with van der Waals surface area (Å²) in [6.07, 6.45) is 2.41. The van der Waals surface area contributed by atoms with Crippen molar-refractivity contribution in [2.45, 2.75) is 25.6 Å². The molecular formula is C11H15ClN2O. The van der Waals surface area contributed by atoms with Crippen LogP contribution in [0.3, 0.4) is 0 Å². The minimum atomic E-state index is -0.0715. The van der Waals surface area contributed by atoms with Gasteiger partial charge in [0.25, 0.3) is 5.91 Å². The maximum atomic E-state index is 11.6. The molecule has 1 amide bonds. The van der Waals surface area contributed by atoms with Crippen LogP contribution < -0.4 is 5.32 Å². The van der Waals surface area contributed by atoms with Crippen molar-refractivity contribution in [1.82, 2.24) is 10.3 Å². The van der Waals surface area contributed by atoms with Gasteiger partial charge in [-0.05, 0) is 32.4 Å². The molecule has 1 N–H and O–H groups in total. The molecule has 4 heteroatoms. The fourth-order valence-corrected chi connectivity index (χ4v) is 1.28. The topological polar surface area (TPSA) is 42.0 Å². The number of aromatic nitrogens is 1. The second-order valence-corrected chi connectivity index (χ2v) is 4.26. The van der Waals surface area contributed by atoms with Gasteiger partial charge < -0.3 is 5.32 Å². The Bertz CT molecular complexity index is 339. The van der Waals surface area contributed by atoms with Crippen molar-refractivity contribution >= 4 is 17.5 Å². The highest BCUT2D eigenvalue weighted by molar-refractivity contribution is 6.20. The molecule has 0 aromatic carbocycles. The van der Waals surface area contributed by atoms with Crippen LogP contribution in [-0.2, 0) is 0 Å². The van der Waals surface area contributed by atoms with E-state index in [9.17, 15) is 4.79 Å². The number of nitrogens with zero attached hydrogens (tertiary/aromatic N) is 1. The number of hydrogen-bond acceptors (Lipinski definition) is 2. The zero-order valence-corrected chi connectivity index (χ0v) is 9.71. The van der Waals surface area contributed by atoms with Gasteiger partial charge in [-0.15, -0.1) is 11.6 Å². The zero-order chi connectivity index (χ0) is 11.3. The third kappa shape index (κ3) is 4.30. The van der Waals surface area contributed by atoms with E-state index in [0.717, 1.165) is 12.1 Å². The molecule has 1 aromatic rings. The Morgan fingerprint density at radius 2 is 2.40 bits per heavy atom. The highest BCUT2D eigenvalue weighted by Gasteiger charge is 2.05. The molecule has 1 unspecified atom stereocenters. The molecule has 1 atom stereocenters. The summed E-state index contributed by atoms with van der Waals surface area (Å²) in [6, 6.07) is 3.46. The van der Waals surface area contributed by atoms with Crippen molar-refractivity contribution in [3.05, 3.63) is 29.6 Å². The Morgan fingerprint density at radius 1 is 1.67 bits per heavy atom. The summed E-state index contributed by atoms with van der Waals surface area (Å²) in [4.78, 5) is 15.6. The number of carbonyl (C=O) groups is 1. The van der Waals surface area contributed by atoms with Crippen LogP contribution in [0.1, 0.15) is 29.4 Å². The molecule has 0 bridgehead atoms. The highest BCUT2D eigenvalue weighted by atomic mass is 35.5. The summed E-state index contributed by atoms with van der Waals surface area (Å²) >= 11 is 5.77. The van der Waals surface area contributed by atoms with Crippen LogP contribution in [0.2, 0.25) is 0 Å². The number of amides is 1. The second-order valence-electron chi connectivity index (χ2n) is 3.51. The monoisotopic (exact) mass is 226 g/mol. The zero-order valence-electron chi connectivity index (χ0n) is 8.96. The molecule has 1 aromatic heterocycles. The lowest BCUT2D eigenvalue weighted by molar-refractivity contribution is 0.0953. The second kappa shape index (κ2) is 5.71. The number of alkyl halides is 1. The van der Waals surface area contributed by atoms with E-state index in [0.29, 0.717) is 12.1 Å². The number of pyridine rings is 1. The molecule has 0 aliphatic heterocycles. The fraction of sp³-hybridized carbons (Fsp3) is 0.455. The van der Waals surface area contributed by atoms with Gasteiger partial charge in [-0.3, -0.25) is 9.78 Å². The van der Waals surface area contributed by atoms with Crippen LogP contribution in [0.25, 0.3) is 0 Å². The highest BCUT2D eigenvalue weighted by Crippen LogP contribution is 2.01. The molecule has 0 radical (unpaired) electrons. The van der Waals surface area contributed by atoms with E-state index in [1.54, 1.807) is 18.3 Å². The van der Waals surface area contributed by atoms with Gasteiger partial charge in [0, 0.05) is 29.4 Å². The number of hydrogen-bond donors (Lipinski definition) is 1. The van der Waals surface area contributed by atoms with Crippen LogP contribution in [0.5, 0.6) is 0 Å². The van der Waals surface area contributed by atoms with Crippen LogP contribution in [0, 0.1) is 6.92 Å². The normalized spacial score (nSPS) is 12.2. The third-order valence-corrected chi connectivity index (χ3v) is 2.20. The molecule has 1 rings (SSSR count). The van der Waals surface area contributed by atoms with E-state index in [1.165, 1.54) is 0 Å². The Kier molecular flexibility index (Phi) is 4.56. The average molecular weight is 227 g/mol. The summed E-state index contributed by atoms with van der Waals surface area (Å²) in [5.74, 6) is -0.0715. The fourth-order valence-electron chi connectivity index (χ4n) is 1.17. The van der Waals surface area contributed by atoms with Gasteiger partial charge >= 0.3 is 0 Å². The first-order valence-electron chi connectivity index (χ1n) is 4.94. The molecule has 0 saturated heterocycles. The van der Waals surface area contributed by atoms with Crippen molar-refractivity contribution in [3.8, 4) is 0 Å². The predicted molar refractivity (Wildman–Crippen MR) is 61.2 cm³/mol. The summed E-state index contributed by atoms with van der Waals surface area (Å²) in [5.41, 5.74) is 1.48. The van der Waals surface area contributed by atoms with Gasteiger partial charge in [0.05, 0.1) is 0 Å². The lowest BCUT2D eigenvalue weighted by Crippen LogP contribution is -2.25. The molecule has 0 aliphatic rings. The summed E-state index contributed by atoms with van der Waals surface area (Å²) in [7, 11) is 0. The number of halogens is 1. The predicted octanol–water partition coefficient (Wildman–Crippen LogP) is 2.14. The Labute approximate surface area is 94.9 Å². The molecule has 15 heavy (non-hydrogen) atoms. The van der Waals surface area contributed by atoms with Crippen LogP contribution in [0.4, 0.5) is 0 Å². The quantitative estimate of drug-likeness (QED) is 0.800. The Morgan fingerprint density at radius 3 is 3.00 bits per heavy atom. The van der Waals surface area contributed by atoms with Crippen molar-refractivity contribution in [1.29, 1.82) is 0 Å². The van der Waals surface area contributed by atoms with Crippen LogP contribution in [0.15, 0.2) is 18.3 Å². The van der Waals surface area contributed by atoms with Crippen molar-refractivity contribution in [2.24, 2.45) is 0 Å². The van der Waals surface area contributed by atoms with E-state index >= 15 is 0 Å². The smallest absolute Gasteiger partial charge is 0.251 e. The molecule has 3 nitrogen and oxygen atoms in total. The maximum absolute atomic E-state index is 11.6. The van der Waals surface area contributed by atoms with Crippen molar-refractivity contribution in [3.63, 3.8) is 0 Å². The first-order chi connectivity index (χ1) is 7.09. The molecule has 0 fully saturated rings. The first-order valence-corrected chi connectivity index (χ1v) is 5.38. The lowest BCUT2D eigenvalue weighted by Gasteiger charge is -2.06. The van der Waals surface area contributed by atoms with Crippen LogP contribution in [-0.4, -0.2) is 22.8 Å². The summed E-state index contributed by atoms with van der Waals surface area (Å²) < 4.78 is 0.